The monoisotopic (exact) mass is 428 g/mol. The number of rotatable bonds is 1. The van der Waals surface area contributed by atoms with Gasteiger partial charge >= 0.3 is 0 Å². The van der Waals surface area contributed by atoms with Gasteiger partial charge in [-0.3, -0.25) is 0 Å². The summed E-state index contributed by atoms with van der Waals surface area (Å²) in [6.07, 6.45) is 14.7. The van der Waals surface area contributed by atoms with Crippen LogP contribution in [-0.2, 0) is 4.74 Å². The topological polar surface area (TPSA) is 32.8 Å². The van der Waals surface area contributed by atoms with Gasteiger partial charge in [-0.25, -0.2) is 0 Å². The van der Waals surface area contributed by atoms with Gasteiger partial charge in [0.2, 0.25) is 0 Å². The molecule has 6 aliphatic rings. The Bertz CT molecular complexity index is 771. The third kappa shape index (κ3) is 2.34. The number of hydrogen-bond donors (Lipinski definition) is 1. The zero-order valence-electron chi connectivity index (χ0n) is 21.2. The third-order valence-electron chi connectivity index (χ3n) is 13.8. The average molecular weight is 429 g/mol. The zero-order valence-corrected chi connectivity index (χ0v) is 21.2. The largest absolute Gasteiger partial charge is 0.389 e. The van der Waals surface area contributed by atoms with Gasteiger partial charge < -0.3 is 9.84 Å². The number of aliphatic hydroxyl groups is 1. The van der Waals surface area contributed by atoms with Crippen molar-refractivity contribution in [2.75, 3.05) is 6.61 Å². The molecule has 0 bridgehead atoms. The van der Waals surface area contributed by atoms with Gasteiger partial charge in [0, 0.05) is 10.8 Å². The van der Waals surface area contributed by atoms with E-state index in [1.54, 1.807) is 0 Å². The SMILES string of the molecule is CC1(C)CCC[C@]2(C)[C@H]3CC[C@@]4(O)[C@@](C)(CC[C@H]5[C@@H]([C@H]6CO6)CC[C@@]54C)[C@]3(C)CC[C@@H]12. The first-order valence-electron chi connectivity index (χ1n) is 13.8. The van der Waals surface area contributed by atoms with Gasteiger partial charge in [0.1, 0.15) is 0 Å². The quantitative estimate of drug-likeness (QED) is 0.456. The second-order valence-electron chi connectivity index (χ2n) is 14.8. The highest BCUT2D eigenvalue weighted by molar-refractivity contribution is 5.25. The van der Waals surface area contributed by atoms with E-state index >= 15 is 0 Å². The van der Waals surface area contributed by atoms with Crippen molar-refractivity contribution in [2.24, 2.45) is 50.7 Å². The molecule has 0 spiro atoms. The molecule has 1 heterocycles. The lowest BCUT2D eigenvalue weighted by molar-refractivity contribution is -0.312. The number of ether oxygens (including phenoxy) is 1. The second-order valence-corrected chi connectivity index (χ2v) is 14.8. The van der Waals surface area contributed by atoms with Crippen LogP contribution in [0.15, 0.2) is 0 Å². The Morgan fingerprint density at radius 1 is 0.710 bits per heavy atom. The summed E-state index contributed by atoms with van der Waals surface area (Å²) in [6, 6.07) is 0. The summed E-state index contributed by atoms with van der Waals surface area (Å²) in [5.74, 6) is 3.00. The Morgan fingerprint density at radius 2 is 1.39 bits per heavy atom. The predicted molar refractivity (Wildman–Crippen MR) is 126 cm³/mol. The minimum absolute atomic E-state index is 0.0447. The maximum absolute atomic E-state index is 12.8. The first-order chi connectivity index (χ1) is 14.4. The van der Waals surface area contributed by atoms with Crippen LogP contribution in [0.3, 0.4) is 0 Å². The lowest BCUT2D eigenvalue weighted by Gasteiger charge is -2.75. The lowest BCUT2D eigenvalue weighted by Crippen LogP contribution is -2.73. The molecule has 0 amide bonds. The van der Waals surface area contributed by atoms with Crippen LogP contribution in [-0.4, -0.2) is 23.4 Å². The van der Waals surface area contributed by atoms with Gasteiger partial charge in [-0.1, -0.05) is 48.0 Å². The van der Waals surface area contributed by atoms with E-state index in [1.165, 1.54) is 64.2 Å². The highest BCUT2D eigenvalue weighted by Crippen LogP contribution is 2.79. The van der Waals surface area contributed by atoms with E-state index in [1.807, 2.05) is 0 Å². The van der Waals surface area contributed by atoms with Crippen LogP contribution >= 0.6 is 0 Å². The van der Waals surface area contributed by atoms with Crippen molar-refractivity contribution in [3.05, 3.63) is 0 Å². The van der Waals surface area contributed by atoms with E-state index in [0.29, 0.717) is 28.8 Å². The van der Waals surface area contributed by atoms with Crippen LogP contribution in [0.1, 0.15) is 112 Å². The molecule has 0 aromatic carbocycles. The van der Waals surface area contributed by atoms with Crippen molar-refractivity contribution < 1.29 is 9.84 Å². The maximum atomic E-state index is 12.8. The fourth-order valence-electron chi connectivity index (χ4n) is 12.0. The summed E-state index contributed by atoms with van der Waals surface area (Å²) in [5, 5.41) is 12.8. The predicted octanol–water partition coefficient (Wildman–Crippen LogP) is 6.99. The van der Waals surface area contributed by atoms with E-state index < -0.39 is 5.60 Å². The van der Waals surface area contributed by atoms with Gasteiger partial charge in [0.15, 0.2) is 0 Å². The molecule has 0 aromatic rings. The molecule has 31 heavy (non-hydrogen) atoms. The van der Waals surface area contributed by atoms with Crippen LogP contribution in [0.25, 0.3) is 0 Å². The summed E-state index contributed by atoms with van der Waals surface area (Å²) in [6.45, 7) is 16.5. The van der Waals surface area contributed by atoms with E-state index in [-0.39, 0.29) is 16.2 Å². The number of hydrogen-bond acceptors (Lipinski definition) is 2. The number of fused-ring (bicyclic) bond motifs is 7. The Kier molecular flexibility index (Phi) is 4.24. The van der Waals surface area contributed by atoms with Crippen molar-refractivity contribution in [3.8, 4) is 0 Å². The van der Waals surface area contributed by atoms with Crippen LogP contribution in [0.4, 0.5) is 0 Å². The Labute approximate surface area is 191 Å². The molecule has 6 rings (SSSR count). The van der Waals surface area contributed by atoms with E-state index in [4.69, 9.17) is 4.74 Å². The highest BCUT2D eigenvalue weighted by Gasteiger charge is 2.76. The molecule has 0 aromatic heterocycles. The molecule has 5 aliphatic carbocycles. The van der Waals surface area contributed by atoms with Crippen LogP contribution in [0.5, 0.6) is 0 Å². The molecule has 5 saturated carbocycles. The summed E-state index contributed by atoms with van der Waals surface area (Å²) in [7, 11) is 0. The third-order valence-corrected chi connectivity index (χ3v) is 13.8. The molecule has 6 fully saturated rings. The molecular weight excluding hydrogens is 380 g/mol. The van der Waals surface area contributed by atoms with Gasteiger partial charge in [0.25, 0.3) is 0 Å². The first-order valence-corrected chi connectivity index (χ1v) is 13.8. The summed E-state index contributed by atoms with van der Waals surface area (Å²) in [4.78, 5) is 0. The van der Waals surface area contributed by atoms with Crippen LogP contribution in [0, 0.1) is 50.7 Å². The summed E-state index contributed by atoms with van der Waals surface area (Å²) in [5.41, 5.74) is 0.815. The molecule has 176 valence electrons. The molecular formula is C29H48O2. The molecule has 2 heteroatoms. The number of epoxide rings is 1. The van der Waals surface area contributed by atoms with E-state index in [2.05, 4.69) is 41.5 Å². The standard InChI is InChI=1S/C29H48O2/c1-24(2)12-7-13-25(3)22(24)10-15-27(5)23(25)11-17-29(30)26(4)14-8-19(21-18-31-21)20(26)9-16-28(27,29)6/h19-23,30H,7-18H2,1-6H3/t19-,20-,21+,22-,23+,25-,26-,27+,28-,29-/m0/s1. The molecule has 1 N–H and O–H groups in total. The molecule has 10 atom stereocenters. The smallest absolute Gasteiger partial charge is 0.0840 e. The van der Waals surface area contributed by atoms with Crippen molar-refractivity contribution >= 4 is 0 Å². The van der Waals surface area contributed by atoms with E-state index in [9.17, 15) is 5.11 Å². The molecule has 1 saturated heterocycles. The fraction of sp³-hybridized carbons (Fsp3) is 1.00. The van der Waals surface area contributed by atoms with Gasteiger partial charge in [-0.05, 0) is 104 Å². The summed E-state index contributed by atoms with van der Waals surface area (Å²) < 4.78 is 5.80. The second kappa shape index (κ2) is 6.12. The normalized spacial score (nSPS) is 62.2. The Balaban J connectivity index is 1.41. The van der Waals surface area contributed by atoms with Crippen molar-refractivity contribution in [3.63, 3.8) is 0 Å². The first kappa shape index (κ1) is 21.5. The maximum Gasteiger partial charge on any atom is 0.0840 e. The molecule has 1 aliphatic heterocycles. The highest BCUT2D eigenvalue weighted by atomic mass is 16.6. The minimum atomic E-state index is -0.509. The Morgan fingerprint density at radius 3 is 2.10 bits per heavy atom. The summed E-state index contributed by atoms with van der Waals surface area (Å²) >= 11 is 0. The zero-order chi connectivity index (χ0) is 22.1. The van der Waals surface area contributed by atoms with Gasteiger partial charge in [-0.2, -0.15) is 0 Å². The van der Waals surface area contributed by atoms with Crippen molar-refractivity contribution in [1.82, 2.24) is 0 Å². The van der Waals surface area contributed by atoms with Crippen LogP contribution < -0.4 is 0 Å². The molecule has 2 nitrogen and oxygen atoms in total. The Hall–Kier alpha value is -0.0800. The van der Waals surface area contributed by atoms with Crippen molar-refractivity contribution in [2.45, 2.75) is 124 Å². The molecule has 0 unspecified atom stereocenters. The lowest BCUT2D eigenvalue weighted by atomic mass is 9.30. The molecule has 0 radical (unpaired) electrons. The average Bonchev–Trinajstić information content (AvgIpc) is 3.46. The van der Waals surface area contributed by atoms with Gasteiger partial charge in [-0.15, -0.1) is 0 Å². The van der Waals surface area contributed by atoms with E-state index in [0.717, 1.165) is 24.9 Å². The minimum Gasteiger partial charge on any atom is -0.389 e. The van der Waals surface area contributed by atoms with Gasteiger partial charge in [0.05, 0.1) is 18.3 Å². The van der Waals surface area contributed by atoms with Crippen molar-refractivity contribution in [1.29, 1.82) is 0 Å². The fourth-order valence-corrected chi connectivity index (χ4v) is 12.0. The van der Waals surface area contributed by atoms with Crippen LogP contribution in [0.2, 0.25) is 0 Å².